The van der Waals surface area contributed by atoms with E-state index in [1.54, 1.807) is 23.5 Å². The second-order valence-corrected chi connectivity index (χ2v) is 14.3. The van der Waals surface area contributed by atoms with Gasteiger partial charge in [-0.1, -0.05) is 97.1 Å². The van der Waals surface area contributed by atoms with Crippen LogP contribution in [-0.2, 0) is 11.8 Å². The Labute approximate surface area is 278 Å². The van der Waals surface area contributed by atoms with Crippen molar-refractivity contribution >= 4 is 55.8 Å². The van der Waals surface area contributed by atoms with Gasteiger partial charge in [-0.25, -0.2) is 0 Å². The van der Waals surface area contributed by atoms with Crippen LogP contribution >= 0.6 is 23.5 Å². The lowest BCUT2D eigenvalue weighted by Gasteiger charge is -2.43. The van der Waals surface area contributed by atoms with Gasteiger partial charge in [0.2, 0.25) is 0 Å². The number of thioether (sulfide) groups is 2. The Morgan fingerprint density at radius 1 is 0.500 bits per heavy atom. The highest BCUT2D eigenvalue weighted by atomic mass is 32.2. The Hall–Kier alpha value is -4.06. The zero-order valence-electron chi connectivity index (χ0n) is 25.4. The maximum atomic E-state index is 9.37. The van der Waals surface area contributed by atoms with E-state index in [0.29, 0.717) is 11.5 Å². The smallest absolute Gasteiger partial charge is 0.0707 e. The van der Waals surface area contributed by atoms with E-state index in [4.69, 9.17) is 0 Å². The van der Waals surface area contributed by atoms with Crippen LogP contribution in [0.5, 0.6) is 0 Å². The first-order valence-electron chi connectivity index (χ1n) is 15.8. The molecule has 8 rings (SSSR count). The molecule has 0 aliphatic heterocycles. The number of fused-ring (bicyclic) bond motifs is 6. The van der Waals surface area contributed by atoms with Crippen LogP contribution in [0.2, 0.25) is 0 Å². The molecular weight excluding hydrogens is 601 g/mol. The van der Waals surface area contributed by atoms with Gasteiger partial charge in [-0.2, -0.15) is 0 Å². The van der Waals surface area contributed by atoms with Gasteiger partial charge in [-0.15, -0.1) is 23.5 Å². The third kappa shape index (κ3) is 4.92. The van der Waals surface area contributed by atoms with E-state index in [1.807, 2.05) is 0 Å². The highest BCUT2D eigenvalue weighted by molar-refractivity contribution is 7.99. The third-order valence-corrected chi connectivity index (χ3v) is 11.4. The Morgan fingerprint density at radius 2 is 1.04 bits per heavy atom. The largest absolute Gasteiger partial charge is 0.396 e. The van der Waals surface area contributed by atoms with E-state index < -0.39 is 5.41 Å². The summed E-state index contributed by atoms with van der Waals surface area (Å²) in [4.78, 5) is 2.35. The number of benzene rings is 7. The lowest BCUT2D eigenvalue weighted by Crippen LogP contribution is -2.36. The number of hydrogen-bond donors (Lipinski definition) is 2. The summed E-state index contributed by atoms with van der Waals surface area (Å²) in [6.45, 7) is 0.346. The van der Waals surface area contributed by atoms with E-state index in [0.717, 1.165) is 6.42 Å². The van der Waals surface area contributed by atoms with Gasteiger partial charge in [0.25, 0.3) is 0 Å². The van der Waals surface area contributed by atoms with Crippen molar-refractivity contribution in [1.82, 2.24) is 0 Å². The van der Waals surface area contributed by atoms with Gasteiger partial charge in [0, 0.05) is 21.3 Å². The number of rotatable bonds is 8. The van der Waals surface area contributed by atoms with Crippen molar-refractivity contribution in [3.8, 4) is 0 Å². The van der Waals surface area contributed by atoms with Crippen molar-refractivity contribution < 1.29 is 10.2 Å². The molecule has 2 N–H and O–H groups in total. The lowest BCUT2D eigenvalue weighted by molar-refractivity contribution is 0.322. The zero-order valence-corrected chi connectivity index (χ0v) is 27.1. The second-order valence-electron chi connectivity index (χ2n) is 12.0. The average molecular weight is 635 g/mol. The summed E-state index contributed by atoms with van der Waals surface area (Å²) in [6, 6.07) is 49.8. The van der Waals surface area contributed by atoms with Gasteiger partial charge in [0.15, 0.2) is 0 Å². The first-order valence-corrected chi connectivity index (χ1v) is 17.8. The lowest BCUT2D eigenvalue weighted by atomic mass is 9.59. The fourth-order valence-corrected chi connectivity index (χ4v) is 8.87. The monoisotopic (exact) mass is 634 g/mol. The van der Waals surface area contributed by atoms with Crippen LogP contribution in [0.3, 0.4) is 0 Å². The van der Waals surface area contributed by atoms with Crippen LogP contribution in [0.4, 0.5) is 0 Å². The number of aliphatic hydroxyl groups excluding tert-OH is 2. The Kier molecular flexibility index (Phi) is 7.83. The Balaban J connectivity index is 1.42. The molecule has 0 spiro atoms. The Morgan fingerprint density at radius 3 is 1.70 bits per heavy atom. The number of hydrogen-bond acceptors (Lipinski definition) is 4. The molecule has 7 aromatic rings. The molecule has 1 aliphatic rings. The normalized spacial score (nSPS) is 13.6. The van der Waals surface area contributed by atoms with Gasteiger partial charge >= 0.3 is 0 Å². The highest BCUT2D eigenvalue weighted by Gasteiger charge is 2.44. The molecule has 0 bridgehead atoms. The molecular formula is C42H34O2S2. The van der Waals surface area contributed by atoms with E-state index in [2.05, 4.69) is 133 Å². The third-order valence-electron chi connectivity index (χ3n) is 9.44. The maximum absolute atomic E-state index is 9.37. The molecule has 0 heterocycles. The predicted octanol–water partition coefficient (Wildman–Crippen LogP) is 9.60. The summed E-state index contributed by atoms with van der Waals surface area (Å²) in [6.07, 6.45) is 0.895. The first kappa shape index (κ1) is 29.3. The molecule has 0 radical (unpaired) electrons. The van der Waals surface area contributed by atoms with Crippen LogP contribution in [-0.4, -0.2) is 34.9 Å². The molecule has 7 aromatic carbocycles. The first-order chi connectivity index (χ1) is 22.7. The molecule has 4 heteroatoms. The van der Waals surface area contributed by atoms with Gasteiger partial charge in [0.1, 0.15) is 0 Å². The van der Waals surface area contributed by atoms with Crippen molar-refractivity contribution in [1.29, 1.82) is 0 Å². The molecule has 0 saturated carbocycles. The van der Waals surface area contributed by atoms with Crippen molar-refractivity contribution in [2.75, 3.05) is 24.7 Å². The van der Waals surface area contributed by atoms with Crippen LogP contribution in [0.15, 0.2) is 143 Å². The minimum Gasteiger partial charge on any atom is -0.396 e. The Bertz CT molecular complexity index is 2150. The molecule has 0 unspecified atom stereocenters. The fraction of sp³-hybridized carbons (Fsp3) is 0.143. The fourth-order valence-electron chi connectivity index (χ4n) is 7.46. The van der Waals surface area contributed by atoms with Crippen molar-refractivity contribution in [3.63, 3.8) is 0 Å². The van der Waals surface area contributed by atoms with Gasteiger partial charge in [-0.05, 0) is 109 Å². The summed E-state index contributed by atoms with van der Waals surface area (Å²) in [7, 11) is 0. The topological polar surface area (TPSA) is 40.5 Å². The number of aliphatic hydroxyl groups is 2. The molecule has 0 saturated heterocycles. The van der Waals surface area contributed by atoms with E-state index >= 15 is 0 Å². The van der Waals surface area contributed by atoms with Crippen molar-refractivity contribution in [2.24, 2.45) is 0 Å². The maximum Gasteiger partial charge on any atom is 0.0707 e. The second kappa shape index (κ2) is 12.3. The van der Waals surface area contributed by atoms with Gasteiger partial charge in [-0.3, -0.25) is 0 Å². The summed E-state index contributed by atoms with van der Waals surface area (Å²) in [5, 5.41) is 26.2. The molecule has 46 heavy (non-hydrogen) atoms. The van der Waals surface area contributed by atoms with Crippen molar-refractivity contribution in [2.45, 2.75) is 21.6 Å². The van der Waals surface area contributed by atoms with E-state index in [-0.39, 0.29) is 13.2 Å². The quantitative estimate of drug-likeness (QED) is 0.163. The average Bonchev–Trinajstić information content (AvgIpc) is 3.11. The summed E-state index contributed by atoms with van der Waals surface area (Å²) >= 11 is 3.38. The molecule has 0 amide bonds. The van der Waals surface area contributed by atoms with Crippen LogP contribution in [0.25, 0.3) is 32.3 Å². The minimum atomic E-state index is -0.523. The molecule has 0 fully saturated rings. The van der Waals surface area contributed by atoms with E-state index in [1.165, 1.54) is 75.5 Å². The summed E-state index contributed by atoms with van der Waals surface area (Å²) < 4.78 is 0. The molecule has 0 aromatic heterocycles. The molecule has 226 valence electrons. The highest BCUT2D eigenvalue weighted by Crippen LogP contribution is 2.53. The minimum absolute atomic E-state index is 0.173. The predicted molar refractivity (Wildman–Crippen MR) is 196 cm³/mol. The summed E-state index contributed by atoms with van der Waals surface area (Å²) in [5.41, 5.74) is 7.42. The standard InChI is InChI=1S/C42H34O2S2/c43-19-21-45-36-16-11-29-23-34(14-9-31(29)25-36)42(35-15-10-32-26-37(46-22-20-44)17-12-30(32)24-35)40-8-4-2-6-33(40)27-39-38-7-3-1-5-28(38)13-18-41(39)42/h1-18,23-26,43-44H,19-22,27H2. The van der Waals surface area contributed by atoms with E-state index in [9.17, 15) is 10.2 Å². The zero-order chi connectivity index (χ0) is 31.1. The molecule has 0 atom stereocenters. The van der Waals surface area contributed by atoms with Crippen molar-refractivity contribution in [3.05, 3.63) is 167 Å². The SMILES string of the molecule is OCCSc1ccc2cc(C3(c4ccc5cc(SCCO)ccc5c4)c4ccccc4Cc4c3ccc3ccccc43)ccc2c1. The van der Waals surface area contributed by atoms with Gasteiger partial charge in [0.05, 0.1) is 18.6 Å². The molecule has 2 nitrogen and oxygen atoms in total. The van der Waals surface area contributed by atoms with Crippen LogP contribution in [0.1, 0.15) is 33.4 Å². The van der Waals surface area contributed by atoms with Crippen LogP contribution in [0, 0.1) is 0 Å². The summed E-state index contributed by atoms with van der Waals surface area (Å²) in [5.74, 6) is 1.38. The van der Waals surface area contributed by atoms with Crippen LogP contribution < -0.4 is 0 Å². The molecule has 1 aliphatic carbocycles. The van der Waals surface area contributed by atoms with Gasteiger partial charge < -0.3 is 10.2 Å².